The molecule has 0 saturated heterocycles. The van der Waals surface area contributed by atoms with Crippen molar-refractivity contribution in [1.29, 1.82) is 0 Å². The fourth-order valence-corrected chi connectivity index (χ4v) is 3.02. The summed E-state index contributed by atoms with van der Waals surface area (Å²) in [5, 5.41) is 0. The lowest BCUT2D eigenvalue weighted by atomic mass is 9.85. The summed E-state index contributed by atoms with van der Waals surface area (Å²) in [7, 11) is 4.47. The van der Waals surface area contributed by atoms with Crippen molar-refractivity contribution in [3.05, 3.63) is 45.8 Å². The lowest BCUT2D eigenvalue weighted by Crippen LogP contribution is -2.48. The number of esters is 4. The predicted octanol–water partition coefficient (Wildman–Crippen LogP) is 0.777. The lowest BCUT2D eigenvalue weighted by Gasteiger charge is -2.38. The van der Waals surface area contributed by atoms with E-state index >= 15 is 0 Å². The minimum absolute atomic E-state index is 0.207. The van der Waals surface area contributed by atoms with E-state index in [2.05, 4.69) is 0 Å². The zero-order valence-corrected chi connectivity index (χ0v) is 16.4. The maximum Gasteiger partial charge on any atom is 0.340 e. The van der Waals surface area contributed by atoms with Gasteiger partial charge in [-0.3, -0.25) is 0 Å². The third-order valence-corrected chi connectivity index (χ3v) is 4.52. The van der Waals surface area contributed by atoms with Crippen LogP contribution in [-0.2, 0) is 38.1 Å². The second-order valence-electron chi connectivity index (χ2n) is 6.00. The van der Waals surface area contributed by atoms with Gasteiger partial charge in [0, 0.05) is 6.20 Å². The second kappa shape index (κ2) is 8.12. The molecule has 0 aromatic heterocycles. The number of carbonyl (C=O) groups is 4. The van der Waals surface area contributed by atoms with Gasteiger partial charge < -0.3 is 23.8 Å². The van der Waals surface area contributed by atoms with E-state index in [9.17, 15) is 19.2 Å². The van der Waals surface area contributed by atoms with Crippen LogP contribution in [0.25, 0.3) is 0 Å². The number of methoxy groups -OCH3 is 4. The highest BCUT2D eigenvalue weighted by molar-refractivity contribution is 6.15. The Morgan fingerprint density at radius 3 is 1.82 bits per heavy atom. The Morgan fingerprint density at radius 1 is 0.786 bits per heavy atom. The molecule has 150 valence electrons. The Hall–Kier alpha value is -3.36. The van der Waals surface area contributed by atoms with Crippen molar-refractivity contribution in [2.45, 2.75) is 19.9 Å². The lowest BCUT2D eigenvalue weighted by molar-refractivity contribution is -0.148. The number of carbonyl (C=O) groups excluding carboxylic acids is 4. The quantitative estimate of drug-likeness (QED) is 0.507. The van der Waals surface area contributed by atoms with Crippen molar-refractivity contribution in [3.63, 3.8) is 0 Å². The summed E-state index contributed by atoms with van der Waals surface area (Å²) in [5.74, 6) is -3.66. The van der Waals surface area contributed by atoms with Crippen molar-refractivity contribution in [2.75, 3.05) is 28.4 Å². The smallest absolute Gasteiger partial charge is 0.340 e. The maximum atomic E-state index is 12.6. The van der Waals surface area contributed by atoms with E-state index in [1.165, 1.54) is 4.90 Å². The zero-order valence-electron chi connectivity index (χ0n) is 16.4. The molecule has 0 fully saturated rings. The third kappa shape index (κ3) is 3.30. The molecule has 0 aromatic rings. The largest absolute Gasteiger partial charge is 0.467 e. The van der Waals surface area contributed by atoms with Crippen LogP contribution in [0.2, 0.25) is 0 Å². The molecule has 1 unspecified atom stereocenters. The number of hydrogen-bond acceptors (Lipinski definition) is 9. The van der Waals surface area contributed by atoms with E-state index in [4.69, 9.17) is 18.9 Å². The summed E-state index contributed by atoms with van der Waals surface area (Å²) in [5.41, 5.74) is 0.799. The molecule has 0 bridgehead atoms. The first-order valence-corrected chi connectivity index (χ1v) is 8.20. The maximum absolute atomic E-state index is 12.6. The molecule has 28 heavy (non-hydrogen) atoms. The Labute approximate surface area is 161 Å². The average molecular weight is 391 g/mol. The minimum Gasteiger partial charge on any atom is -0.467 e. The van der Waals surface area contributed by atoms with Gasteiger partial charge in [-0.2, -0.15) is 0 Å². The van der Waals surface area contributed by atoms with Gasteiger partial charge in [-0.15, -0.1) is 0 Å². The van der Waals surface area contributed by atoms with Crippen molar-refractivity contribution >= 4 is 23.9 Å². The first-order chi connectivity index (χ1) is 13.2. The van der Waals surface area contributed by atoms with Crippen LogP contribution < -0.4 is 0 Å². The van der Waals surface area contributed by atoms with Crippen LogP contribution in [-0.4, -0.2) is 63.3 Å². The number of hydrogen-bond donors (Lipinski definition) is 0. The normalized spacial score (nSPS) is 18.6. The molecule has 0 amide bonds. The number of allylic oxidation sites excluding steroid dienone is 3. The van der Waals surface area contributed by atoms with Crippen molar-refractivity contribution in [2.24, 2.45) is 0 Å². The van der Waals surface area contributed by atoms with Crippen LogP contribution in [0.3, 0.4) is 0 Å². The van der Waals surface area contributed by atoms with Gasteiger partial charge in [-0.25, -0.2) is 19.2 Å². The number of ether oxygens (including phenoxy) is 4. The van der Waals surface area contributed by atoms with Gasteiger partial charge in [0.15, 0.2) is 6.04 Å². The summed E-state index contributed by atoms with van der Waals surface area (Å²) in [4.78, 5) is 51.7. The Bertz CT molecular complexity index is 874. The molecule has 2 heterocycles. The molecule has 9 heteroatoms. The highest BCUT2D eigenvalue weighted by Gasteiger charge is 2.47. The monoisotopic (exact) mass is 391 g/mol. The van der Waals surface area contributed by atoms with Gasteiger partial charge in [0.05, 0.1) is 50.9 Å². The van der Waals surface area contributed by atoms with E-state index in [0.717, 1.165) is 39.6 Å². The van der Waals surface area contributed by atoms with Crippen LogP contribution in [0.15, 0.2) is 45.8 Å². The summed E-state index contributed by atoms with van der Waals surface area (Å²) < 4.78 is 19.2. The van der Waals surface area contributed by atoms with E-state index in [0.29, 0.717) is 0 Å². The fraction of sp³-hybridized carbons (Fsp3) is 0.368. The van der Waals surface area contributed by atoms with E-state index in [-0.39, 0.29) is 16.8 Å². The number of nitrogens with zero attached hydrogens (tertiary/aromatic N) is 1. The molecule has 1 atom stereocenters. The van der Waals surface area contributed by atoms with Crippen molar-refractivity contribution in [1.82, 2.24) is 4.90 Å². The highest BCUT2D eigenvalue weighted by atomic mass is 16.5. The Morgan fingerprint density at radius 2 is 1.32 bits per heavy atom. The van der Waals surface area contributed by atoms with Crippen molar-refractivity contribution < 1.29 is 38.1 Å². The van der Waals surface area contributed by atoms with Crippen molar-refractivity contribution in [3.8, 4) is 0 Å². The molecule has 2 aliphatic rings. The molecule has 2 aliphatic heterocycles. The third-order valence-electron chi connectivity index (χ3n) is 4.52. The van der Waals surface area contributed by atoms with Gasteiger partial charge in [-0.05, 0) is 31.1 Å². The van der Waals surface area contributed by atoms with Crippen LogP contribution in [0.4, 0.5) is 0 Å². The van der Waals surface area contributed by atoms with Gasteiger partial charge in [-0.1, -0.05) is 0 Å². The van der Waals surface area contributed by atoms with E-state index < -0.39 is 35.5 Å². The summed E-state index contributed by atoms with van der Waals surface area (Å²) >= 11 is 0. The first-order valence-electron chi connectivity index (χ1n) is 8.20. The topological polar surface area (TPSA) is 108 Å². The second-order valence-corrected chi connectivity index (χ2v) is 6.00. The molecule has 0 N–H and O–H groups in total. The standard InChI is InChI=1S/C19H21NO8/c1-9-7-11-12(16(21)25-3)13(17(22)26-4)14(18(23)27-5)15(19(24)28-6)20(11)8-10(9)2/h7-8,15H,1-6H3. The molecular weight excluding hydrogens is 370 g/mol. The molecule has 0 aliphatic carbocycles. The van der Waals surface area contributed by atoms with Crippen LogP contribution in [0, 0.1) is 0 Å². The van der Waals surface area contributed by atoms with E-state index in [1.54, 1.807) is 26.1 Å². The summed E-state index contributed by atoms with van der Waals surface area (Å²) in [6, 6.07) is -1.35. The predicted molar refractivity (Wildman–Crippen MR) is 95.3 cm³/mol. The molecule has 9 nitrogen and oxygen atoms in total. The van der Waals surface area contributed by atoms with Gasteiger partial charge >= 0.3 is 23.9 Å². The minimum atomic E-state index is -1.35. The fourth-order valence-electron chi connectivity index (χ4n) is 3.02. The van der Waals surface area contributed by atoms with Crippen LogP contribution in [0.1, 0.15) is 13.8 Å². The molecule has 2 rings (SSSR count). The van der Waals surface area contributed by atoms with Crippen LogP contribution >= 0.6 is 0 Å². The van der Waals surface area contributed by atoms with Gasteiger partial charge in [0.25, 0.3) is 0 Å². The zero-order chi connectivity index (χ0) is 21.2. The SMILES string of the molecule is COC(=O)C1=C(C(=O)OC)C(C(=O)OC)N2C=C(C)C(C)=CC2=C1C(=O)OC. The molecular formula is C19H21NO8. The molecule has 0 spiro atoms. The Balaban J connectivity index is 3.00. The number of fused-ring (bicyclic) bond motifs is 1. The molecule has 0 radical (unpaired) electrons. The van der Waals surface area contributed by atoms with E-state index in [1.807, 2.05) is 0 Å². The van der Waals surface area contributed by atoms with Crippen LogP contribution in [0.5, 0.6) is 0 Å². The number of rotatable bonds is 4. The Kier molecular flexibility index (Phi) is 6.07. The highest BCUT2D eigenvalue weighted by Crippen LogP contribution is 2.39. The summed E-state index contributed by atoms with van der Waals surface area (Å²) in [6.45, 7) is 3.60. The van der Waals surface area contributed by atoms with Gasteiger partial charge in [0.2, 0.25) is 0 Å². The first kappa shape index (κ1) is 20.9. The average Bonchev–Trinajstić information content (AvgIpc) is 2.70. The molecule has 0 saturated carbocycles. The van der Waals surface area contributed by atoms with Gasteiger partial charge in [0.1, 0.15) is 0 Å². The summed E-state index contributed by atoms with van der Waals surface area (Å²) in [6.07, 6.45) is 3.21. The molecule has 0 aromatic carbocycles.